The minimum Gasteiger partial charge on any atom is -0.398 e. The summed E-state index contributed by atoms with van der Waals surface area (Å²) in [7, 11) is 0. The molecule has 2 nitrogen and oxygen atoms in total. The Bertz CT molecular complexity index is 525. The molecule has 18 heavy (non-hydrogen) atoms. The first-order valence-corrected chi connectivity index (χ1v) is 6.37. The molecule has 0 aliphatic rings. The fourth-order valence-corrected chi connectivity index (χ4v) is 2.19. The molecule has 0 spiro atoms. The molecule has 0 aliphatic heterocycles. The van der Waals surface area contributed by atoms with Gasteiger partial charge in [0, 0.05) is 23.3 Å². The summed E-state index contributed by atoms with van der Waals surface area (Å²) in [5, 5.41) is 4.22. The van der Waals surface area contributed by atoms with Crippen LogP contribution in [0.5, 0.6) is 0 Å². The van der Waals surface area contributed by atoms with Gasteiger partial charge in [-0.15, -0.1) is 0 Å². The molecular formula is C15H17ClN2. The summed E-state index contributed by atoms with van der Waals surface area (Å²) in [4.78, 5) is 0. The predicted octanol–water partition coefficient (Wildman–Crippen LogP) is 3.77. The van der Waals surface area contributed by atoms with E-state index in [9.17, 15) is 0 Å². The number of halogens is 1. The van der Waals surface area contributed by atoms with Gasteiger partial charge in [0.2, 0.25) is 0 Å². The Balaban J connectivity index is 2.03. The van der Waals surface area contributed by atoms with Crippen molar-refractivity contribution >= 4 is 17.3 Å². The Morgan fingerprint density at radius 3 is 2.50 bits per heavy atom. The minimum absolute atomic E-state index is 0.193. The molecule has 0 fully saturated rings. The zero-order valence-electron chi connectivity index (χ0n) is 10.4. The summed E-state index contributed by atoms with van der Waals surface area (Å²) < 4.78 is 0. The van der Waals surface area contributed by atoms with Gasteiger partial charge < -0.3 is 11.1 Å². The Kier molecular flexibility index (Phi) is 4.24. The molecule has 1 atom stereocenters. The van der Waals surface area contributed by atoms with Crippen LogP contribution >= 0.6 is 11.6 Å². The number of anilines is 1. The summed E-state index contributed by atoms with van der Waals surface area (Å²) in [5.41, 5.74) is 8.94. The molecule has 3 N–H and O–H groups in total. The number of nitrogen functional groups attached to an aromatic ring is 1. The zero-order valence-corrected chi connectivity index (χ0v) is 11.1. The van der Waals surface area contributed by atoms with Gasteiger partial charge in [-0.25, -0.2) is 0 Å². The number of hydrogen-bond acceptors (Lipinski definition) is 2. The van der Waals surface area contributed by atoms with Crippen molar-refractivity contribution in [3.8, 4) is 0 Å². The summed E-state index contributed by atoms with van der Waals surface area (Å²) in [6.07, 6.45) is 0. The van der Waals surface area contributed by atoms with Crippen molar-refractivity contribution in [2.45, 2.75) is 19.5 Å². The molecule has 2 aromatic rings. The van der Waals surface area contributed by atoms with E-state index < -0.39 is 0 Å². The monoisotopic (exact) mass is 260 g/mol. The second kappa shape index (κ2) is 5.89. The highest BCUT2D eigenvalue weighted by Crippen LogP contribution is 2.22. The third-order valence-electron chi connectivity index (χ3n) is 3.03. The van der Waals surface area contributed by atoms with E-state index in [0.29, 0.717) is 0 Å². The van der Waals surface area contributed by atoms with Gasteiger partial charge in [-0.05, 0) is 30.2 Å². The lowest BCUT2D eigenvalue weighted by Crippen LogP contribution is -2.19. The molecule has 0 heterocycles. The second-order valence-corrected chi connectivity index (χ2v) is 4.73. The molecule has 94 valence electrons. The van der Waals surface area contributed by atoms with Gasteiger partial charge in [0.15, 0.2) is 0 Å². The van der Waals surface area contributed by atoms with Crippen LogP contribution < -0.4 is 11.1 Å². The lowest BCUT2D eigenvalue weighted by molar-refractivity contribution is 0.575. The van der Waals surface area contributed by atoms with Crippen molar-refractivity contribution in [2.24, 2.45) is 0 Å². The zero-order chi connectivity index (χ0) is 13.0. The molecular weight excluding hydrogens is 244 g/mol. The Morgan fingerprint density at radius 1 is 1.11 bits per heavy atom. The quantitative estimate of drug-likeness (QED) is 0.822. The molecule has 3 heteroatoms. The van der Waals surface area contributed by atoms with Crippen molar-refractivity contribution in [2.75, 3.05) is 5.73 Å². The van der Waals surface area contributed by atoms with Crippen LogP contribution in [0.1, 0.15) is 24.1 Å². The van der Waals surface area contributed by atoms with Crippen molar-refractivity contribution < 1.29 is 0 Å². The van der Waals surface area contributed by atoms with E-state index in [-0.39, 0.29) is 6.04 Å². The molecule has 2 aromatic carbocycles. The maximum absolute atomic E-state index is 6.17. The Labute approximate surface area is 113 Å². The van der Waals surface area contributed by atoms with E-state index >= 15 is 0 Å². The minimum atomic E-state index is 0.193. The molecule has 0 aliphatic carbocycles. The normalized spacial score (nSPS) is 12.3. The summed E-state index contributed by atoms with van der Waals surface area (Å²) >= 11 is 6.17. The predicted molar refractivity (Wildman–Crippen MR) is 77.6 cm³/mol. The van der Waals surface area contributed by atoms with Crippen LogP contribution in [0.15, 0.2) is 48.5 Å². The number of nitrogens with two attached hydrogens (primary N) is 1. The smallest absolute Gasteiger partial charge is 0.0453 e. The summed E-state index contributed by atoms with van der Waals surface area (Å²) in [5.74, 6) is 0. The van der Waals surface area contributed by atoms with Crippen molar-refractivity contribution in [1.29, 1.82) is 0 Å². The number of nitrogens with one attached hydrogen (secondary N) is 1. The third-order valence-corrected chi connectivity index (χ3v) is 3.37. The first kappa shape index (κ1) is 12.9. The Hall–Kier alpha value is -1.51. The molecule has 0 amide bonds. The van der Waals surface area contributed by atoms with E-state index in [1.165, 1.54) is 0 Å². The van der Waals surface area contributed by atoms with E-state index in [0.717, 1.165) is 28.4 Å². The third kappa shape index (κ3) is 3.03. The highest BCUT2D eigenvalue weighted by atomic mass is 35.5. The molecule has 0 saturated carbocycles. The van der Waals surface area contributed by atoms with Crippen LogP contribution in [0.3, 0.4) is 0 Å². The highest BCUT2D eigenvalue weighted by molar-refractivity contribution is 6.31. The van der Waals surface area contributed by atoms with Gasteiger partial charge in [0.1, 0.15) is 0 Å². The van der Waals surface area contributed by atoms with Gasteiger partial charge in [-0.2, -0.15) is 0 Å². The first-order chi connectivity index (χ1) is 8.68. The Morgan fingerprint density at radius 2 is 1.78 bits per heavy atom. The van der Waals surface area contributed by atoms with Gasteiger partial charge in [0.05, 0.1) is 0 Å². The van der Waals surface area contributed by atoms with Crippen molar-refractivity contribution in [1.82, 2.24) is 5.32 Å². The lowest BCUT2D eigenvalue weighted by Gasteiger charge is -2.16. The van der Waals surface area contributed by atoms with E-state index in [2.05, 4.69) is 12.2 Å². The average molecular weight is 261 g/mol. The van der Waals surface area contributed by atoms with Crippen molar-refractivity contribution in [3.05, 3.63) is 64.7 Å². The fourth-order valence-electron chi connectivity index (χ4n) is 1.89. The first-order valence-electron chi connectivity index (χ1n) is 5.99. The maximum atomic E-state index is 6.17. The standard InChI is InChI=1S/C15H17ClN2/c1-11(13-7-3-4-8-14(13)16)18-10-12-6-2-5-9-15(12)17/h2-9,11,18H,10,17H2,1H3/t11-/m1/s1. The van der Waals surface area contributed by atoms with Crippen LogP contribution in [0, 0.1) is 0 Å². The van der Waals surface area contributed by atoms with Gasteiger partial charge >= 0.3 is 0 Å². The van der Waals surface area contributed by atoms with Gasteiger partial charge in [0.25, 0.3) is 0 Å². The maximum Gasteiger partial charge on any atom is 0.0453 e. The van der Waals surface area contributed by atoms with E-state index in [4.69, 9.17) is 17.3 Å². The SMILES string of the molecule is C[C@@H](NCc1ccccc1N)c1ccccc1Cl. The van der Waals surface area contributed by atoms with Gasteiger partial charge in [-0.1, -0.05) is 48.0 Å². The molecule has 0 aromatic heterocycles. The molecule has 0 unspecified atom stereocenters. The molecule has 0 bridgehead atoms. The van der Waals surface area contributed by atoms with Crippen LogP contribution in [-0.4, -0.2) is 0 Å². The van der Waals surface area contributed by atoms with Crippen LogP contribution in [-0.2, 0) is 6.54 Å². The summed E-state index contributed by atoms with van der Waals surface area (Å²) in [6.45, 7) is 2.83. The molecule has 0 radical (unpaired) electrons. The molecule has 0 saturated heterocycles. The summed E-state index contributed by atoms with van der Waals surface area (Å²) in [6, 6.07) is 15.9. The van der Waals surface area contributed by atoms with E-state index in [1.54, 1.807) is 0 Å². The molecule has 2 rings (SSSR count). The highest BCUT2D eigenvalue weighted by Gasteiger charge is 2.08. The number of para-hydroxylation sites is 1. The van der Waals surface area contributed by atoms with Crippen molar-refractivity contribution in [3.63, 3.8) is 0 Å². The van der Waals surface area contributed by atoms with Crippen LogP contribution in [0.25, 0.3) is 0 Å². The number of rotatable bonds is 4. The van der Waals surface area contributed by atoms with Gasteiger partial charge in [-0.3, -0.25) is 0 Å². The second-order valence-electron chi connectivity index (χ2n) is 4.32. The fraction of sp³-hybridized carbons (Fsp3) is 0.200. The number of benzene rings is 2. The largest absolute Gasteiger partial charge is 0.398 e. The average Bonchev–Trinajstić information content (AvgIpc) is 2.38. The van der Waals surface area contributed by atoms with Crippen LogP contribution in [0.4, 0.5) is 5.69 Å². The number of hydrogen-bond donors (Lipinski definition) is 2. The topological polar surface area (TPSA) is 38.0 Å². The van der Waals surface area contributed by atoms with E-state index in [1.807, 2.05) is 48.5 Å². The van der Waals surface area contributed by atoms with Crippen LogP contribution in [0.2, 0.25) is 5.02 Å². The lowest BCUT2D eigenvalue weighted by atomic mass is 10.1.